The minimum Gasteiger partial charge on any atom is -0.336 e. The molecular formula is C14H19F3N4O. The molecule has 1 aromatic rings. The fraction of sp³-hybridized carbons (Fsp3) is 0.643. The number of aryl methyl sites for hydroxylation is 1. The van der Waals surface area contributed by atoms with Gasteiger partial charge in [0.2, 0.25) is 0 Å². The van der Waals surface area contributed by atoms with Gasteiger partial charge in [-0.3, -0.25) is 9.69 Å². The number of halogens is 3. The van der Waals surface area contributed by atoms with Crippen molar-refractivity contribution in [2.24, 2.45) is 0 Å². The number of amides is 1. The van der Waals surface area contributed by atoms with Gasteiger partial charge >= 0.3 is 6.18 Å². The van der Waals surface area contributed by atoms with Crippen molar-refractivity contribution >= 4 is 5.91 Å². The van der Waals surface area contributed by atoms with Crippen molar-refractivity contribution in [2.75, 3.05) is 26.2 Å². The zero-order chi connectivity index (χ0) is 16.5. The maximum absolute atomic E-state index is 13.1. The van der Waals surface area contributed by atoms with Crippen molar-refractivity contribution in [3.05, 3.63) is 23.3 Å². The SMILES string of the molecule is Cc1ncc(C(=O)N2CCN(C(C)C)CC2)c(C(F)(F)F)n1. The standard InChI is InChI=1S/C14H19F3N4O/c1-9(2)20-4-6-21(7-5-20)13(22)11-8-18-10(3)19-12(11)14(15,16)17/h8-9H,4-7H2,1-3H3. The number of alkyl halides is 3. The largest absolute Gasteiger partial charge is 0.434 e. The number of nitrogens with zero attached hydrogens (tertiary/aromatic N) is 4. The van der Waals surface area contributed by atoms with Gasteiger partial charge in [-0.1, -0.05) is 0 Å². The van der Waals surface area contributed by atoms with E-state index < -0.39 is 23.3 Å². The second-order valence-corrected chi connectivity index (χ2v) is 5.60. The third kappa shape index (κ3) is 3.55. The van der Waals surface area contributed by atoms with E-state index in [1.165, 1.54) is 11.8 Å². The first-order valence-corrected chi connectivity index (χ1v) is 7.14. The van der Waals surface area contributed by atoms with Crippen molar-refractivity contribution < 1.29 is 18.0 Å². The molecule has 0 saturated carbocycles. The molecule has 1 fully saturated rings. The molecule has 0 aliphatic carbocycles. The Labute approximate surface area is 127 Å². The van der Waals surface area contributed by atoms with Gasteiger partial charge in [-0.25, -0.2) is 9.97 Å². The zero-order valence-corrected chi connectivity index (χ0v) is 12.8. The number of aromatic nitrogens is 2. The fourth-order valence-corrected chi connectivity index (χ4v) is 2.45. The lowest BCUT2D eigenvalue weighted by Gasteiger charge is -2.37. The summed E-state index contributed by atoms with van der Waals surface area (Å²) in [7, 11) is 0. The molecule has 0 aromatic carbocycles. The fourth-order valence-electron chi connectivity index (χ4n) is 2.45. The first-order chi connectivity index (χ1) is 10.2. The Morgan fingerprint density at radius 1 is 1.23 bits per heavy atom. The van der Waals surface area contributed by atoms with Crippen LogP contribution in [0.25, 0.3) is 0 Å². The van der Waals surface area contributed by atoms with E-state index in [1.807, 2.05) is 13.8 Å². The molecule has 0 bridgehead atoms. The van der Waals surface area contributed by atoms with E-state index in [0.717, 1.165) is 6.20 Å². The quantitative estimate of drug-likeness (QED) is 0.837. The summed E-state index contributed by atoms with van der Waals surface area (Å²) < 4.78 is 39.2. The summed E-state index contributed by atoms with van der Waals surface area (Å²) in [5.74, 6) is -0.663. The lowest BCUT2D eigenvalue weighted by Crippen LogP contribution is -2.51. The Kier molecular flexibility index (Phi) is 4.69. The predicted molar refractivity (Wildman–Crippen MR) is 74.4 cm³/mol. The van der Waals surface area contributed by atoms with Crippen LogP contribution in [0.5, 0.6) is 0 Å². The van der Waals surface area contributed by atoms with Gasteiger partial charge in [0, 0.05) is 38.4 Å². The number of hydrogen-bond acceptors (Lipinski definition) is 4. The Hall–Kier alpha value is -1.70. The normalized spacial score (nSPS) is 17.1. The topological polar surface area (TPSA) is 49.3 Å². The van der Waals surface area contributed by atoms with Gasteiger partial charge in [0.1, 0.15) is 5.82 Å². The molecule has 0 radical (unpaired) electrons. The first kappa shape index (κ1) is 16.7. The summed E-state index contributed by atoms with van der Waals surface area (Å²) in [4.78, 5) is 23.1. The predicted octanol–water partition coefficient (Wildman–Crippen LogP) is 1.97. The van der Waals surface area contributed by atoms with Gasteiger partial charge in [0.25, 0.3) is 5.91 Å². The second-order valence-electron chi connectivity index (χ2n) is 5.60. The molecule has 5 nitrogen and oxygen atoms in total. The molecule has 122 valence electrons. The molecule has 1 aliphatic heterocycles. The van der Waals surface area contributed by atoms with Crippen molar-refractivity contribution in [3.63, 3.8) is 0 Å². The Balaban J connectivity index is 2.21. The van der Waals surface area contributed by atoms with E-state index in [2.05, 4.69) is 14.9 Å². The summed E-state index contributed by atoms with van der Waals surface area (Å²) >= 11 is 0. The van der Waals surface area contributed by atoms with E-state index in [0.29, 0.717) is 32.2 Å². The third-order valence-corrected chi connectivity index (χ3v) is 3.74. The smallest absolute Gasteiger partial charge is 0.336 e. The molecule has 0 atom stereocenters. The summed E-state index contributed by atoms with van der Waals surface area (Å²) in [6.07, 6.45) is -3.69. The summed E-state index contributed by atoms with van der Waals surface area (Å²) in [6.45, 7) is 7.57. The summed E-state index contributed by atoms with van der Waals surface area (Å²) in [5.41, 5.74) is -1.63. The van der Waals surface area contributed by atoms with Crippen LogP contribution in [-0.2, 0) is 6.18 Å². The van der Waals surface area contributed by atoms with E-state index in [9.17, 15) is 18.0 Å². The summed E-state index contributed by atoms with van der Waals surface area (Å²) in [6, 6.07) is 0.352. The Morgan fingerprint density at radius 2 is 1.82 bits per heavy atom. The molecule has 1 saturated heterocycles. The second kappa shape index (κ2) is 6.20. The van der Waals surface area contributed by atoms with Crippen LogP contribution in [0.2, 0.25) is 0 Å². The molecule has 22 heavy (non-hydrogen) atoms. The zero-order valence-electron chi connectivity index (χ0n) is 12.8. The molecule has 0 spiro atoms. The van der Waals surface area contributed by atoms with Gasteiger partial charge in [-0.2, -0.15) is 13.2 Å². The molecule has 2 rings (SSSR count). The number of carbonyl (C=O) groups is 1. The van der Waals surface area contributed by atoms with Crippen LogP contribution in [0, 0.1) is 6.92 Å². The van der Waals surface area contributed by atoms with Crippen molar-refractivity contribution in [1.29, 1.82) is 0 Å². The lowest BCUT2D eigenvalue weighted by molar-refractivity contribution is -0.141. The molecular weight excluding hydrogens is 297 g/mol. The number of rotatable bonds is 2. The minimum absolute atomic E-state index is 0.00602. The van der Waals surface area contributed by atoms with Gasteiger partial charge in [0.15, 0.2) is 5.69 Å². The van der Waals surface area contributed by atoms with Crippen molar-refractivity contribution in [2.45, 2.75) is 33.0 Å². The van der Waals surface area contributed by atoms with Crippen LogP contribution in [0.1, 0.15) is 35.7 Å². The molecule has 1 amide bonds. The average Bonchev–Trinajstić information content (AvgIpc) is 2.45. The molecule has 1 aliphatic rings. The highest BCUT2D eigenvalue weighted by molar-refractivity contribution is 5.95. The van der Waals surface area contributed by atoms with Crippen LogP contribution in [0.4, 0.5) is 13.2 Å². The highest BCUT2D eigenvalue weighted by Gasteiger charge is 2.39. The minimum atomic E-state index is -4.67. The molecule has 0 N–H and O–H groups in total. The van der Waals surface area contributed by atoms with Gasteiger partial charge in [-0.15, -0.1) is 0 Å². The third-order valence-electron chi connectivity index (χ3n) is 3.74. The molecule has 8 heteroatoms. The van der Waals surface area contributed by atoms with Crippen LogP contribution in [-0.4, -0.2) is 57.9 Å². The first-order valence-electron chi connectivity index (χ1n) is 7.14. The van der Waals surface area contributed by atoms with Crippen LogP contribution < -0.4 is 0 Å². The lowest BCUT2D eigenvalue weighted by atomic mass is 10.1. The monoisotopic (exact) mass is 316 g/mol. The highest BCUT2D eigenvalue weighted by Crippen LogP contribution is 2.30. The summed E-state index contributed by atoms with van der Waals surface area (Å²) in [5, 5.41) is 0. The Bertz CT molecular complexity index is 552. The van der Waals surface area contributed by atoms with Crippen LogP contribution >= 0.6 is 0 Å². The number of hydrogen-bond donors (Lipinski definition) is 0. The molecule has 0 unspecified atom stereocenters. The van der Waals surface area contributed by atoms with E-state index in [-0.39, 0.29) is 5.82 Å². The van der Waals surface area contributed by atoms with Crippen molar-refractivity contribution in [1.82, 2.24) is 19.8 Å². The number of piperazine rings is 1. The van der Waals surface area contributed by atoms with Crippen LogP contribution in [0.3, 0.4) is 0 Å². The van der Waals surface area contributed by atoms with E-state index in [1.54, 1.807) is 0 Å². The average molecular weight is 316 g/mol. The van der Waals surface area contributed by atoms with Crippen LogP contribution in [0.15, 0.2) is 6.20 Å². The maximum atomic E-state index is 13.1. The van der Waals surface area contributed by atoms with Gasteiger partial charge < -0.3 is 4.90 Å². The van der Waals surface area contributed by atoms with E-state index >= 15 is 0 Å². The molecule has 1 aromatic heterocycles. The van der Waals surface area contributed by atoms with Gasteiger partial charge in [-0.05, 0) is 20.8 Å². The van der Waals surface area contributed by atoms with Gasteiger partial charge in [0.05, 0.1) is 5.56 Å². The van der Waals surface area contributed by atoms with E-state index in [4.69, 9.17) is 0 Å². The molecule has 2 heterocycles. The van der Waals surface area contributed by atoms with Crippen molar-refractivity contribution in [3.8, 4) is 0 Å². The number of carbonyl (C=O) groups excluding carboxylic acids is 1. The highest BCUT2D eigenvalue weighted by atomic mass is 19.4. The Morgan fingerprint density at radius 3 is 2.32 bits per heavy atom. The maximum Gasteiger partial charge on any atom is 0.434 e.